The molecule has 1 heterocycles. The Bertz CT molecular complexity index is 551. The summed E-state index contributed by atoms with van der Waals surface area (Å²) in [5.41, 5.74) is 0.162. The van der Waals surface area contributed by atoms with Crippen molar-refractivity contribution in [3.05, 3.63) is 34.4 Å². The van der Waals surface area contributed by atoms with Gasteiger partial charge in [0.05, 0.1) is 10.6 Å². The summed E-state index contributed by atoms with van der Waals surface area (Å²) in [5.74, 6) is -3.29. The zero-order chi connectivity index (χ0) is 13.3. The number of carbonyl (C=O) groups excluding carboxylic acids is 1. The number of hydrogen-bond donors (Lipinski definition) is 1. The van der Waals surface area contributed by atoms with Crippen LogP contribution in [0.1, 0.15) is 0 Å². The van der Waals surface area contributed by atoms with E-state index < -0.39 is 22.7 Å². The van der Waals surface area contributed by atoms with E-state index in [0.29, 0.717) is 0 Å². The van der Waals surface area contributed by atoms with E-state index >= 15 is 0 Å². The summed E-state index contributed by atoms with van der Waals surface area (Å²) in [7, 11) is 0. The first kappa shape index (κ1) is 11.7. The monoisotopic (exact) mass is 249 g/mol. The molecule has 1 unspecified atom stereocenters. The first-order valence-electron chi connectivity index (χ1n) is 4.86. The van der Waals surface area contributed by atoms with Crippen LogP contribution in [0.25, 0.3) is 0 Å². The molecule has 1 aromatic rings. The number of hydrogen-bond acceptors (Lipinski definition) is 5. The van der Waals surface area contributed by atoms with E-state index in [1.807, 2.05) is 0 Å². The summed E-state index contributed by atoms with van der Waals surface area (Å²) in [6, 6.07) is 5.09. The lowest BCUT2D eigenvalue weighted by atomic mass is 10.1. The van der Waals surface area contributed by atoms with E-state index in [2.05, 4.69) is 5.10 Å². The highest BCUT2D eigenvalue weighted by molar-refractivity contribution is 6.19. The lowest BCUT2D eigenvalue weighted by Gasteiger charge is -2.12. The van der Waals surface area contributed by atoms with Crippen LogP contribution in [0, 0.1) is 16.0 Å². The molecule has 0 radical (unpaired) electrons. The molecule has 1 aliphatic rings. The molecule has 0 bridgehead atoms. The summed E-state index contributed by atoms with van der Waals surface area (Å²) in [5, 5.41) is 23.8. The number of carboxylic acids is 1. The van der Waals surface area contributed by atoms with Crippen LogP contribution < -0.4 is 5.01 Å². The van der Waals surface area contributed by atoms with Crippen molar-refractivity contribution in [3.8, 4) is 0 Å². The first-order chi connectivity index (χ1) is 8.50. The quantitative estimate of drug-likeness (QED) is 0.479. The smallest absolute Gasteiger partial charge is 0.321 e. The van der Waals surface area contributed by atoms with Crippen molar-refractivity contribution < 1.29 is 19.6 Å². The van der Waals surface area contributed by atoms with E-state index in [-0.39, 0.29) is 11.4 Å². The maximum absolute atomic E-state index is 11.7. The van der Waals surface area contributed by atoms with Crippen molar-refractivity contribution in [1.82, 2.24) is 0 Å². The van der Waals surface area contributed by atoms with E-state index in [1.54, 1.807) is 0 Å². The minimum Gasteiger partial charge on any atom is -0.480 e. The fourth-order valence-corrected chi connectivity index (χ4v) is 1.46. The SMILES string of the molecule is O=C(O)C1C=NN(c2ccc([N+](=O)[O-])cc2)C1=O. The van der Waals surface area contributed by atoms with Gasteiger partial charge in [0.25, 0.3) is 11.6 Å². The van der Waals surface area contributed by atoms with Crippen LogP contribution in [0.4, 0.5) is 11.4 Å². The molecule has 0 aromatic heterocycles. The van der Waals surface area contributed by atoms with Crippen LogP contribution in [-0.4, -0.2) is 28.1 Å². The van der Waals surface area contributed by atoms with Gasteiger partial charge in [-0.1, -0.05) is 0 Å². The van der Waals surface area contributed by atoms with Crippen LogP contribution in [0.5, 0.6) is 0 Å². The highest BCUT2D eigenvalue weighted by Crippen LogP contribution is 2.23. The normalized spacial score (nSPS) is 18.1. The Morgan fingerprint density at radius 2 is 2.00 bits per heavy atom. The number of amides is 1. The molecule has 0 saturated carbocycles. The maximum atomic E-state index is 11.7. The van der Waals surface area contributed by atoms with Crippen molar-refractivity contribution in [2.45, 2.75) is 0 Å². The van der Waals surface area contributed by atoms with Gasteiger partial charge < -0.3 is 5.11 Å². The highest BCUT2D eigenvalue weighted by Gasteiger charge is 2.35. The van der Waals surface area contributed by atoms with E-state index in [4.69, 9.17) is 5.11 Å². The first-order valence-corrected chi connectivity index (χ1v) is 4.86. The molecule has 2 rings (SSSR count). The summed E-state index contributed by atoms with van der Waals surface area (Å²) in [6.45, 7) is 0. The second-order valence-corrected chi connectivity index (χ2v) is 3.50. The van der Waals surface area contributed by atoms with Gasteiger partial charge in [-0.15, -0.1) is 0 Å². The van der Waals surface area contributed by atoms with E-state index in [0.717, 1.165) is 11.2 Å². The fourth-order valence-electron chi connectivity index (χ4n) is 1.46. The van der Waals surface area contributed by atoms with Crippen molar-refractivity contribution in [2.75, 3.05) is 5.01 Å². The second kappa shape index (κ2) is 4.24. The number of hydrazone groups is 1. The number of nitro groups is 1. The molecule has 1 amide bonds. The van der Waals surface area contributed by atoms with Crippen LogP contribution in [0.3, 0.4) is 0 Å². The third-order valence-corrected chi connectivity index (χ3v) is 2.38. The Hall–Kier alpha value is -2.77. The van der Waals surface area contributed by atoms with Crippen molar-refractivity contribution >= 4 is 29.5 Å². The molecule has 92 valence electrons. The predicted octanol–water partition coefficient (Wildman–Crippen LogP) is 0.628. The summed E-state index contributed by atoms with van der Waals surface area (Å²) in [6.07, 6.45) is 1.02. The molecule has 8 nitrogen and oxygen atoms in total. The molecular formula is C10H7N3O5. The number of nitrogens with zero attached hydrogens (tertiary/aromatic N) is 3. The second-order valence-electron chi connectivity index (χ2n) is 3.50. The standard InChI is InChI=1S/C10H7N3O5/c14-9-8(10(15)16)5-11-12(9)6-1-3-7(4-2-6)13(17)18/h1-5,8H,(H,15,16). The van der Waals surface area contributed by atoms with Gasteiger partial charge in [0.2, 0.25) is 0 Å². The number of nitro benzene ring substituents is 1. The molecular weight excluding hydrogens is 242 g/mol. The molecule has 0 saturated heterocycles. The Morgan fingerprint density at radius 1 is 1.39 bits per heavy atom. The Morgan fingerprint density at radius 3 is 2.44 bits per heavy atom. The number of rotatable bonds is 3. The molecule has 0 aliphatic carbocycles. The highest BCUT2D eigenvalue weighted by atomic mass is 16.6. The molecule has 8 heteroatoms. The van der Waals surface area contributed by atoms with E-state index in [1.165, 1.54) is 24.3 Å². The molecule has 1 atom stereocenters. The third-order valence-electron chi connectivity index (χ3n) is 2.38. The zero-order valence-corrected chi connectivity index (χ0v) is 8.89. The maximum Gasteiger partial charge on any atom is 0.321 e. The number of anilines is 1. The zero-order valence-electron chi connectivity index (χ0n) is 8.89. The molecule has 18 heavy (non-hydrogen) atoms. The predicted molar refractivity (Wildman–Crippen MR) is 60.2 cm³/mol. The van der Waals surface area contributed by atoms with Crippen LogP contribution in [0.15, 0.2) is 29.4 Å². The Kier molecular flexibility index (Phi) is 2.76. The summed E-state index contributed by atoms with van der Waals surface area (Å²) in [4.78, 5) is 32.2. The van der Waals surface area contributed by atoms with Crippen LogP contribution >= 0.6 is 0 Å². The van der Waals surface area contributed by atoms with Crippen molar-refractivity contribution in [3.63, 3.8) is 0 Å². The molecule has 1 aliphatic heterocycles. The van der Waals surface area contributed by atoms with Gasteiger partial charge in [-0.05, 0) is 12.1 Å². The molecule has 1 N–H and O–H groups in total. The summed E-state index contributed by atoms with van der Waals surface area (Å²) >= 11 is 0. The van der Waals surface area contributed by atoms with Crippen LogP contribution in [0.2, 0.25) is 0 Å². The Balaban J connectivity index is 2.24. The minimum absolute atomic E-state index is 0.121. The van der Waals surface area contributed by atoms with Gasteiger partial charge >= 0.3 is 5.97 Å². The van der Waals surface area contributed by atoms with Gasteiger partial charge in [0.1, 0.15) is 0 Å². The third kappa shape index (κ3) is 1.90. The van der Waals surface area contributed by atoms with Gasteiger partial charge in [0, 0.05) is 18.3 Å². The van der Waals surface area contributed by atoms with E-state index in [9.17, 15) is 19.7 Å². The largest absolute Gasteiger partial charge is 0.480 e. The number of benzene rings is 1. The minimum atomic E-state index is -1.31. The average Bonchev–Trinajstić information content (AvgIpc) is 2.71. The topological polar surface area (TPSA) is 113 Å². The number of aliphatic carboxylic acids is 1. The lowest BCUT2D eigenvalue weighted by molar-refractivity contribution is -0.384. The Labute approximate surface area is 100 Å². The molecule has 0 spiro atoms. The summed E-state index contributed by atoms with van der Waals surface area (Å²) < 4.78 is 0. The number of carboxylic acid groups (broad SMARTS) is 1. The van der Waals surface area contributed by atoms with Gasteiger partial charge in [-0.3, -0.25) is 19.7 Å². The lowest BCUT2D eigenvalue weighted by Crippen LogP contribution is -2.30. The van der Waals surface area contributed by atoms with Gasteiger partial charge in [-0.2, -0.15) is 10.1 Å². The van der Waals surface area contributed by atoms with Crippen molar-refractivity contribution in [2.24, 2.45) is 11.0 Å². The molecule has 1 aromatic carbocycles. The molecule has 0 fully saturated rings. The van der Waals surface area contributed by atoms with Gasteiger partial charge in [0.15, 0.2) is 5.92 Å². The fraction of sp³-hybridized carbons (Fsp3) is 0.100. The average molecular weight is 249 g/mol. The number of carbonyl (C=O) groups is 2. The van der Waals surface area contributed by atoms with Gasteiger partial charge in [-0.25, -0.2) is 0 Å². The van der Waals surface area contributed by atoms with Crippen molar-refractivity contribution in [1.29, 1.82) is 0 Å². The van der Waals surface area contributed by atoms with Crippen LogP contribution in [-0.2, 0) is 9.59 Å². The number of non-ortho nitro benzene ring substituents is 1.